The van der Waals surface area contributed by atoms with Gasteiger partial charge in [-0.1, -0.05) is 0 Å². The molecule has 0 radical (unpaired) electrons. The highest BCUT2D eigenvalue weighted by molar-refractivity contribution is 7.89. The molecule has 2 heterocycles. The maximum Gasteiger partial charge on any atom is 0.257 e. The molecule has 4 rings (SSSR count). The van der Waals surface area contributed by atoms with E-state index in [4.69, 9.17) is 0 Å². The quantitative estimate of drug-likeness (QED) is 0.556. The van der Waals surface area contributed by atoms with E-state index in [1.54, 1.807) is 30.3 Å². The molecular weight excluding hydrogens is 454 g/mol. The molecule has 1 aliphatic heterocycles. The van der Waals surface area contributed by atoms with Gasteiger partial charge in [-0.05, 0) is 63.0 Å². The third-order valence-electron chi connectivity index (χ3n) is 6.23. The molecule has 0 spiro atoms. The topological polar surface area (TPSA) is 106 Å². The number of fused-ring (bicyclic) bond motifs is 1. The number of carbonyl (C=O) groups excluding carboxylic acids is 1. The highest BCUT2D eigenvalue weighted by atomic mass is 32.2. The summed E-state index contributed by atoms with van der Waals surface area (Å²) in [5.74, 6) is -0.402. The number of aromatic nitrogens is 1. The van der Waals surface area contributed by atoms with E-state index in [-0.39, 0.29) is 10.5 Å². The van der Waals surface area contributed by atoms with E-state index in [0.29, 0.717) is 28.5 Å². The zero-order chi connectivity index (χ0) is 24.8. The van der Waals surface area contributed by atoms with Crippen LogP contribution in [0.5, 0.6) is 0 Å². The summed E-state index contributed by atoms with van der Waals surface area (Å²) in [6.07, 6.45) is 0. The summed E-state index contributed by atoms with van der Waals surface area (Å²) in [4.78, 5) is 32.2. The first-order valence-corrected chi connectivity index (χ1v) is 12.3. The fourth-order valence-electron chi connectivity index (χ4n) is 4.02. The molecule has 1 aliphatic rings. The van der Waals surface area contributed by atoms with Crippen LogP contribution >= 0.6 is 0 Å². The Labute approximate surface area is 199 Å². The highest BCUT2D eigenvalue weighted by Crippen LogP contribution is 2.30. The number of amides is 1. The molecule has 0 aliphatic carbocycles. The molecule has 1 aromatic heterocycles. The number of benzene rings is 2. The van der Waals surface area contributed by atoms with Crippen molar-refractivity contribution in [3.8, 4) is 0 Å². The van der Waals surface area contributed by atoms with Crippen molar-refractivity contribution in [2.75, 3.05) is 51.5 Å². The zero-order valence-corrected chi connectivity index (χ0v) is 20.7. The van der Waals surface area contributed by atoms with Crippen molar-refractivity contribution in [1.29, 1.82) is 0 Å². The second kappa shape index (κ2) is 8.86. The Bertz CT molecular complexity index is 1420. The largest absolute Gasteiger partial charge is 0.368 e. The Kier molecular flexibility index (Phi) is 6.24. The number of hydrogen-bond acceptors (Lipinski definition) is 6. The molecule has 3 aromatic rings. The first kappa shape index (κ1) is 23.9. The van der Waals surface area contributed by atoms with Crippen molar-refractivity contribution in [3.05, 3.63) is 63.9 Å². The zero-order valence-electron chi connectivity index (χ0n) is 19.9. The third kappa shape index (κ3) is 4.44. The highest BCUT2D eigenvalue weighted by Gasteiger charge is 2.32. The lowest BCUT2D eigenvalue weighted by molar-refractivity contribution is 0.102. The molecule has 1 fully saturated rings. The molecule has 180 valence electrons. The van der Waals surface area contributed by atoms with Crippen LogP contribution in [0.4, 0.5) is 11.4 Å². The Hall–Kier alpha value is -3.21. The monoisotopic (exact) mass is 483 g/mol. The molecule has 0 bridgehead atoms. The molecule has 1 amide bonds. The van der Waals surface area contributed by atoms with Gasteiger partial charge in [0.15, 0.2) is 0 Å². The summed E-state index contributed by atoms with van der Waals surface area (Å²) >= 11 is 0. The van der Waals surface area contributed by atoms with E-state index in [1.807, 2.05) is 21.0 Å². The third-order valence-corrected chi connectivity index (χ3v) is 8.04. The van der Waals surface area contributed by atoms with Gasteiger partial charge in [-0.3, -0.25) is 9.59 Å². The van der Waals surface area contributed by atoms with Gasteiger partial charge in [0.05, 0.1) is 10.5 Å². The lowest BCUT2D eigenvalue weighted by Gasteiger charge is -2.45. The van der Waals surface area contributed by atoms with Crippen molar-refractivity contribution in [2.45, 2.75) is 17.9 Å². The van der Waals surface area contributed by atoms with Crippen molar-refractivity contribution in [3.63, 3.8) is 0 Å². The summed E-state index contributed by atoms with van der Waals surface area (Å²) in [5.41, 5.74) is 2.82. The van der Waals surface area contributed by atoms with Gasteiger partial charge < -0.3 is 20.1 Å². The van der Waals surface area contributed by atoms with E-state index in [0.717, 1.165) is 28.3 Å². The molecule has 9 nitrogen and oxygen atoms in total. The van der Waals surface area contributed by atoms with Crippen LogP contribution in [-0.4, -0.2) is 75.8 Å². The smallest absolute Gasteiger partial charge is 0.257 e. The molecule has 2 aromatic carbocycles. The summed E-state index contributed by atoms with van der Waals surface area (Å²) in [6.45, 7) is 3.33. The number of carbonyl (C=O) groups is 1. The van der Waals surface area contributed by atoms with E-state index in [1.165, 1.54) is 26.2 Å². The van der Waals surface area contributed by atoms with Gasteiger partial charge in [-0.25, -0.2) is 12.7 Å². The molecule has 34 heavy (non-hydrogen) atoms. The number of aryl methyl sites for hydroxylation is 1. The van der Waals surface area contributed by atoms with E-state index in [9.17, 15) is 18.0 Å². The first-order chi connectivity index (χ1) is 16.0. The van der Waals surface area contributed by atoms with E-state index >= 15 is 0 Å². The van der Waals surface area contributed by atoms with Crippen LogP contribution in [0.15, 0.2) is 52.2 Å². The Morgan fingerprint density at radius 1 is 1.06 bits per heavy atom. The van der Waals surface area contributed by atoms with E-state index in [2.05, 4.69) is 20.1 Å². The molecule has 1 saturated heterocycles. The second-order valence-electron chi connectivity index (χ2n) is 9.02. The fraction of sp³-hybridized carbons (Fsp3) is 0.333. The molecular formula is C24H29N5O4S. The van der Waals surface area contributed by atoms with Crippen LogP contribution in [-0.2, 0) is 10.0 Å². The van der Waals surface area contributed by atoms with Gasteiger partial charge in [0.2, 0.25) is 15.6 Å². The molecule has 0 saturated carbocycles. The number of H-pyrrole nitrogens is 1. The number of nitrogens with one attached hydrogen (secondary N) is 2. The number of aromatic amines is 1. The average molecular weight is 484 g/mol. The van der Waals surface area contributed by atoms with Crippen molar-refractivity contribution < 1.29 is 13.2 Å². The second-order valence-corrected chi connectivity index (χ2v) is 11.2. The molecule has 2 N–H and O–H groups in total. The Morgan fingerprint density at radius 2 is 1.76 bits per heavy atom. The number of anilines is 2. The maximum absolute atomic E-state index is 13.4. The number of likely N-dealkylation sites (N-methyl/N-ethyl adjacent to an activating group) is 1. The SMILES string of the molecule is Cc1cc(=O)[nH]c2ccc(NC(=O)c3cc(S(=O)(=O)N(C)C)ccc3N3CC(N(C)C)C3)cc12. The number of nitrogens with zero attached hydrogens (tertiary/aromatic N) is 3. The van der Waals surface area contributed by atoms with Crippen LogP contribution in [0.1, 0.15) is 15.9 Å². The van der Waals surface area contributed by atoms with Gasteiger partial charge in [0, 0.05) is 61.6 Å². The van der Waals surface area contributed by atoms with Crippen LogP contribution in [0.3, 0.4) is 0 Å². The van der Waals surface area contributed by atoms with Gasteiger partial charge in [-0.2, -0.15) is 0 Å². The Morgan fingerprint density at radius 3 is 2.41 bits per heavy atom. The lowest BCUT2D eigenvalue weighted by Crippen LogP contribution is -2.57. The predicted molar refractivity (Wildman–Crippen MR) is 134 cm³/mol. The van der Waals surface area contributed by atoms with Crippen LogP contribution < -0.4 is 15.8 Å². The molecule has 10 heteroatoms. The fourth-order valence-corrected chi connectivity index (χ4v) is 4.95. The van der Waals surface area contributed by atoms with Crippen LogP contribution in [0, 0.1) is 6.92 Å². The summed E-state index contributed by atoms with van der Waals surface area (Å²) in [7, 11) is 3.24. The first-order valence-electron chi connectivity index (χ1n) is 10.9. The Balaban J connectivity index is 1.71. The minimum atomic E-state index is -3.71. The summed E-state index contributed by atoms with van der Waals surface area (Å²) in [5, 5.41) is 3.72. The van der Waals surface area contributed by atoms with Gasteiger partial charge in [0.25, 0.3) is 5.91 Å². The van der Waals surface area contributed by atoms with Crippen molar-refractivity contribution in [1.82, 2.24) is 14.2 Å². The van der Waals surface area contributed by atoms with Crippen LogP contribution in [0.25, 0.3) is 10.9 Å². The normalized spacial score (nSPS) is 14.6. The van der Waals surface area contributed by atoms with Crippen LogP contribution in [0.2, 0.25) is 0 Å². The predicted octanol–water partition coefficient (Wildman–Crippen LogP) is 2.09. The standard InChI is InChI=1S/C24H29N5O4S/c1-15-10-23(30)26-21-8-6-16(11-19(15)21)25-24(31)20-12-18(34(32,33)28(4)5)7-9-22(20)29-13-17(14-29)27(2)3/h6-12,17H,13-14H2,1-5H3,(H,25,31)(H,26,30). The minimum Gasteiger partial charge on any atom is -0.368 e. The molecule has 0 unspecified atom stereocenters. The summed E-state index contributed by atoms with van der Waals surface area (Å²) < 4.78 is 26.6. The van der Waals surface area contributed by atoms with Gasteiger partial charge >= 0.3 is 0 Å². The molecule has 0 atom stereocenters. The van der Waals surface area contributed by atoms with Gasteiger partial charge in [0.1, 0.15) is 0 Å². The maximum atomic E-state index is 13.4. The lowest BCUT2D eigenvalue weighted by atomic mass is 10.0. The van der Waals surface area contributed by atoms with Crippen molar-refractivity contribution in [2.24, 2.45) is 0 Å². The van der Waals surface area contributed by atoms with E-state index < -0.39 is 15.9 Å². The average Bonchev–Trinajstić information content (AvgIpc) is 2.72. The number of pyridine rings is 1. The van der Waals surface area contributed by atoms with Gasteiger partial charge in [-0.15, -0.1) is 0 Å². The van der Waals surface area contributed by atoms with Crippen molar-refractivity contribution >= 4 is 38.2 Å². The number of hydrogen-bond donors (Lipinski definition) is 2. The number of sulfonamides is 1. The number of rotatable bonds is 6. The minimum absolute atomic E-state index is 0.0583. The summed E-state index contributed by atoms with van der Waals surface area (Å²) in [6, 6.07) is 11.8.